The zero-order chi connectivity index (χ0) is 28.4. The van der Waals surface area contributed by atoms with E-state index in [-0.39, 0.29) is 17.6 Å². The zero-order valence-electron chi connectivity index (χ0n) is 21.8. The van der Waals surface area contributed by atoms with Gasteiger partial charge in [0.2, 0.25) is 11.8 Å². The van der Waals surface area contributed by atoms with Gasteiger partial charge in [-0.05, 0) is 31.5 Å². The number of halogens is 3. The average molecular weight is 557 g/mol. The number of hydrogen-bond acceptors (Lipinski definition) is 7. The Bertz CT molecular complexity index is 1010. The molecule has 2 amide bonds. The molecular formula is C26H35F3N4O6. The molecular weight excluding hydrogens is 521 g/mol. The summed E-state index contributed by atoms with van der Waals surface area (Å²) in [6.07, 6.45) is -2.58. The molecule has 39 heavy (non-hydrogen) atoms. The van der Waals surface area contributed by atoms with Gasteiger partial charge in [-0.25, -0.2) is 4.79 Å². The van der Waals surface area contributed by atoms with Crippen LogP contribution in [0.2, 0.25) is 0 Å². The minimum Gasteiger partial charge on any atom is -0.475 e. The van der Waals surface area contributed by atoms with Gasteiger partial charge in [-0.3, -0.25) is 19.3 Å². The second kappa shape index (κ2) is 14.4. The van der Waals surface area contributed by atoms with E-state index in [0.717, 1.165) is 51.3 Å². The number of para-hydroxylation sites is 1. The number of aliphatic carboxylic acids is 1. The molecule has 0 spiro atoms. The van der Waals surface area contributed by atoms with Crippen LogP contribution in [-0.4, -0.2) is 122 Å². The van der Waals surface area contributed by atoms with Crippen molar-refractivity contribution in [2.45, 2.75) is 31.9 Å². The highest BCUT2D eigenvalue weighted by Gasteiger charge is 2.38. The molecule has 1 aromatic carbocycles. The van der Waals surface area contributed by atoms with E-state index in [0.29, 0.717) is 57.8 Å². The van der Waals surface area contributed by atoms with E-state index in [2.05, 4.69) is 9.80 Å². The average Bonchev–Trinajstić information content (AvgIpc) is 3.04. The summed E-state index contributed by atoms with van der Waals surface area (Å²) in [5, 5.41) is 7.12. The second-order valence-corrected chi connectivity index (χ2v) is 9.61. The molecule has 3 aliphatic heterocycles. The van der Waals surface area contributed by atoms with Crippen molar-refractivity contribution in [2.24, 2.45) is 0 Å². The van der Waals surface area contributed by atoms with E-state index >= 15 is 0 Å². The predicted octanol–water partition coefficient (Wildman–Crippen LogP) is 1.89. The van der Waals surface area contributed by atoms with Crippen LogP contribution in [0.1, 0.15) is 36.0 Å². The number of fused-ring (bicyclic) bond motifs is 1. The predicted molar refractivity (Wildman–Crippen MR) is 136 cm³/mol. The number of ketones is 1. The molecule has 0 saturated carbocycles. The van der Waals surface area contributed by atoms with Crippen LogP contribution in [0.15, 0.2) is 24.3 Å². The van der Waals surface area contributed by atoms with Crippen molar-refractivity contribution in [2.75, 3.05) is 77.0 Å². The fraction of sp³-hybridized carbons (Fsp3) is 0.615. The molecule has 0 atom stereocenters. The Balaban J connectivity index is 0.000000532. The number of nitrogens with zero attached hydrogens (tertiary/aromatic N) is 4. The number of benzene rings is 1. The number of carboxylic acid groups (broad SMARTS) is 1. The van der Waals surface area contributed by atoms with Crippen LogP contribution in [0, 0.1) is 0 Å². The Morgan fingerprint density at radius 1 is 0.872 bits per heavy atom. The molecule has 4 rings (SSSR count). The smallest absolute Gasteiger partial charge is 0.475 e. The first kappa shape index (κ1) is 30.5. The van der Waals surface area contributed by atoms with E-state index in [1.54, 1.807) is 4.90 Å². The standard InChI is InChI=1S/C24H34N4O4.C2HF3O2/c29-22-7-8-23(30)28(21-6-2-1-5-20(21)22)10-4-3-9-25-11-13-26(14-12-25)19-24(31)27-15-17-32-18-16-27;3-2(4,5)1(6)7/h1-2,5-6H,3-4,7-19H2;(H,6,7). The number of morpholine rings is 1. The van der Waals surface area contributed by atoms with Crippen molar-refractivity contribution in [1.29, 1.82) is 0 Å². The maximum Gasteiger partial charge on any atom is 0.490 e. The highest BCUT2D eigenvalue weighted by Crippen LogP contribution is 2.27. The normalized spacial score (nSPS) is 19.2. The highest BCUT2D eigenvalue weighted by atomic mass is 19.4. The summed E-state index contributed by atoms with van der Waals surface area (Å²) >= 11 is 0. The minimum absolute atomic E-state index is 0.0434. The van der Waals surface area contributed by atoms with E-state index in [1.807, 2.05) is 29.2 Å². The van der Waals surface area contributed by atoms with Crippen LogP contribution in [-0.2, 0) is 19.1 Å². The van der Waals surface area contributed by atoms with Gasteiger partial charge in [0.1, 0.15) is 0 Å². The number of carboxylic acids is 1. The number of alkyl halides is 3. The molecule has 216 valence electrons. The van der Waals surface area contributed by atoms with Crippen molar-refractivity contribution < 1.29 is 42.2 Å². The summed E-state index contributed by atoms with van der Waals surface area (Å²) in [6, 6.07) is 7.46. The third-order valence-corrected chi connectivity index (χ3v) is 6.90. The molecule has 13 heteroatoms. The zero-order valence-corrected chi connectivity index (χ0v) is 21.8. The van der Waals surface area contributed by atoms with Crippen LogP contribution >= 0.6 is 0 Å². The number of anilines is 1. The Labute approximate surface area is 225 Å². The van der Waals surface area contributed by atoms with Gasteiger partial charge in [-0.2, -0.15) is 13.2 Å². The Morgan fingerprint density at radius 3 is 2.10 bits per heavy atom. The lowest BCUT2D eigenvalue weighted by atomic mass is 10.1. The highest BCUT2D eigenvalue weighted by molar-refractivity contribution is 6.10. The number of hydrogen-bond donors (Lipinski definition) is 1. The lowest BCUT2D eigenvalue weighted by Gasteiger charge is -2.36. The third kappa shape index (κ3) is 9.29. The molecule has 0 radical (unpaired) electrons. The summed E-state index contributed by atoms with van der Waals surface area (Å²) in [5.41, 5.74) is 1.43. The van der Waals surface area contributed by atoms with Gasteiger partial charge >= 0.3 is 12.1 Å². The first-order valence-corrected chi connectivity index (χ1v) is 13.1. The van der Waals surface area contributed by atoms with Crippen LogP contribution < -0.4 is 4.90 Å². The largest absolute Gasteiger partial charge is 0.490 e. The van der Waals surface area contributed by atoms with E-state index in [1.165, 1.54) is 0 Å². The number of amides is 2. The van der Waals surface area contributed by atoms with Crippen molar-refractivity contribution in [3.63, 3.8) is 0 Å². The molecule has 0 bridgehead atoms. The Hall–Kier alpha value is -3.03. The Kier molecular flexibility index (Phi) is 11.3. The number of carbonyl (C=O) groups is 4. The van der Waals surface area contributed by atoms with Crippen molar-refractivity contribution >= 4 is 29.3 Å². The minimum atomic E-state index is -5.08. The van der Waals surface area contributed by atoms with Crippen molar-refractivity contribution in [1.82, 2.24) is 14.7 Å². The number of carbonyl (C=O) groups excluding carboxylic acids is 3. The quantitative estimate of drug-likeness (QED) is 0.507. The monoisotopic (exact) mass is 556 g/mol. The summed E-state index contributed by atoms with van der Waals surface area (Å²) in [4.78, 5) is 54.6. The van der Waals surface area contributed by atoms with Gasteiger partial charge < -0.3 is 24.5 Å². The molecule has 3 aliphatic rings. The number of Topliss-reactive ketones (excluding diaryl/α,β-unsaturated/α-hetero) is 1. The summed E-state index contributed by atoms with van der Waals surface area (Å²) in [7, 11) is 0. The van der Waals surface area contributed by atoms with Gasteiger partial charge in [-0.15, -0.1) is 0 Å². The molecule has 0 unspecified atom stereocenters. The summed E-state index contributed by atoms with van der Waals surface area (Å²) < 4.78 is 37.1. The van der Waals surface area contributed by atoms with Gasteiger partial charge in [0, 0.05) is 64.2 Å². The lowest BCUT2D eigenvalue weighted by Crippen LogP contribution is -2.51. The lowest BCUT2D eigenvalue weighted by molar-refractivity contribution is -0.192. The first-order chi connectivity index (χ1) is 18.6. The number of piperazine rings is 1. The van der Waals surface area contributed by atoms with Crippen LogP contribution in [0.4, 0.5) is 18.9 Å². The molecule has 0 aliphatic carbocycles. The second-order valence-electron chi connectivity index (χ2n) is 9.61. The van der Waals surface area contributed by atoms with Crippen molar-refractivity contribution in [3.8, 4) is 0 Å². The number of rotatable bonds is 7. The summed E-state index contributed by atoms with van der Waals surface area (Å²) in [5.74, 6) is -2.45. The third-order valence-electron chi connectivity index (χ3n) is 6.90. The SMILES string of the molecule is O=C(O)C(F)(F)F.O=C1CCC(=O)N(CCCCN2CCN(CC(=O)N3CCOCC3)CC2)c2ccccc21. The Morgan fingerprint density at radius 2 is 1.46 bits per heavy atom. The van der Waals surface area contributed by atoms with E-state index < -0.39 is 12.1 Å². The summed E-state index contributed by atoms with van der Waals surface area (Å²) in [6.45, 7) is 8.61. The van der Waals surface area contributed by atoms with Crippen LogP contribution in [0.3, 0.4) is 0 Å². The maximum absolute atomic E-state index is 12.6. The van der Waals surface area contributed by atoms with Gasteiger partial charge in [0.25, 0.3) is 0 Å². The first-order valence-electron chi connectivity index (χ1n) is 13.1. The van der Waals surface area contributed by atoms with Gasteiger partial charge in [0.05, 0.1) is 25.4 Å². The molecule has 1 aromatic rings. The molecule has 10 nitrogen and oxygen atoms in total. The molecule has 3 heterocycles. The van der Waals surface area contributed by atoms with Crippen LogP contribution in [0.25, 0.3) is 0 Å². The van der Waals surface area contributed by atoms with Crippen LogP contribution in [0.5, 0.6) is 0 Å². The molecule has 2 fully saturated rings. The topological polar surface area (TPSA) is 111 Å². The van der Waals surface area contributed by atoms with E-state index in [4.69, 9.17) is 14.6 Å². The van der Waals surface area contributed by atoms with Gasteiger partial charge in [-0.1, -0.05) is 12.1 Å². The maximum atomic E-state index is 12.6. The number of unbranched alkanes of at least 4 members (excludes halogenated alkanes) is 1. The van der Waals surface area contributed by atoms with E-state index in [9.17, 15) is 27.6 Å². The molecule has 0 aromatic heterocycles. The molecule has 1 N–H and O–H groups in total. The fourth-order valence-electron chi connectivity index (χ4n) is 4.69. The van der Waals surface area contributed by atoms with Crippen molar-refractivity contribution in [3.05, 3.63) is 29.8 Å². The fourth-order valence-corrected chi connectivity index (χ4v) is 4.69. The number of ether oxygens (including phenoxy) is 1. The van der Waals surface area contributed by atoms with Gasteiger partial charge in [0.15, 0.2) is 5.78 Å². The molecule has 2 saturated heterocycles.